The first-order chi connectivity index (χ1) is 6.63. The molecule has 0 radical (unpaired) electrons. The summed E-state index contributed by atoms with van der Waals surface area (Å²) in [7, 11) is 0. The Hall–Kier alpha value is -1.91. The maximum Gasteiger partial charge on any atom is 0.322 e. The summed E-state index contributed by atoms with van der Waals surface area (Å²) in [4.78, 5) is 26.4. The van der Waals surface area contributed by atoms with Crippen molar-refractivity contribution in [2.45, 2.75) is 12.5 Å². The third-order valence-electron chi connectivity index (χ3n) is 2.28. The molecule has 72 valence electrons. The molecule has 2 heterocycles. The predicted octanol–water partition coefficient (Wildman–Crippen LogP) is 0.136. The Bertz CT molecular complexity index is 390. The van der Waals surface area contributed by atoms with E-state index in [1.807, 2.05) is 0 Å². The van der Waals surface area contributed by atoms with E-state index in [0.717, 1.165) is 0 Å². The fraction of sp³-hybridized carbons (Fsp3) is 0.222. The maximum atomic E-state index is 11.5. The molecule has 0 saturated carbocycles. The van der Waals surface area contributed by atoms with E-state index in [9.17, 15) is 9.59 Å². The highest BCUT2D eigenvalue weighted by Gasteiger charge is 2.43. The molecule has 1 aromatic heterocycles. The third kappa shape index (κ3) is 1.14. The third-order valence-corrected chi connectivity index (χ3v) is 2.28. The van der Waals surface area contributed by atoms with E-state index in [0.29, 0.717) is 5.56 Å². The van der Waals surface area contributed by atoms with Crippen LogP contribution in [0.4, 0.5) is 4.79 Å². The number of aromatic nitrogens is 1. The van der Waals surface area contributed by atoms with Gasteiger partial charge in [0.15, 0.2) is 0 Å². The van der Waals surface area contributed by atoms with E-state index < -0.39 is 11.6 Å². The van der Waals surface area contributed by atoms with Crippen molar-refractivity contribution in [3.63, 3.8) is 0 Å². The Morgan fingerprint density at radius 1 is 1.43 bits per heavy atom. The molecule has 5 nitrogen and oxygen atoms in total. The molecule has 14 heavy (non-hydrogen) atoms. The Morgan fingerprint density at radius 2 is 2.21 bits per heavy atom. The minimum atomic E-state index is -0.995. The minimum Gasteiger partial charge on any atom is -0.320 e. The molecule has 1 aliphatic rings. The number of rotatable bonds is 1. The lowest BCUT2D eigenvalue weighted by Crippen LogP contribution is -2.40. The number of carbonyl (C=O) groups is 2. The fourth-order valence-corrected chi connectivity index (χ4v) is 1.40. The molecule has 5 heteroatoms. The van der Waals surface area contributed by atoms with E-state index in [1.54, 1.807) is 31.5 Å². The SMILES string of the molecule is C[C@@]1(c2cccnc2)NC(=O)NC1=O. The van der Waals surface area contributed by atoms with Crippen molar-refractivity contribution in [2.24, 2.45) is 0 Å². The number of hydrogen-bond donors (Lipinski definition) is 2. The summed E-state index contributed by atoms with van der Waals surface area (Å²) in [5, 5.41) is 4.75. The van der Waals surface area contributed by atoms with Gasteiger partial charge in [0.05, 0.1) is 0 Å². The molecule has 2 N–H and O–H groups in total. The number of urea groups is 1. The molecule has 0 aromatic carbocycles. The number of pyridine rings is 1. The molecule has 1 atom stereocenters. The zero-order valence-corrected chi connectivity index (χ0v) is 7.57. The van der Waals surface area contributed by atoms with Crippen LogP contribution >= 0.6 is 0 Å². The molecular weight excluding hydrogens is 182 g/mol. The zero-order chi connectivity index (χ0) is 10.2. The summed E-state index contributed by atoms with van der Waals surface area (Å²) in [5.41, 5.74) is -0.325. The number of amides is 3. The summed E-state index contributed by atoms with van der Waals surface area (Å²) >= 11 is 0. The Morgan fingerprint density at radius 3 is 2.71 bits per heavy atom. The normalized spacial score (nSPS) is 25.8. The summed E-state index contributed by atoms with van der Waals surface area (Å²) in [6.45, 7) is 1.64. The lowest BCUT2D eigenvalue weighted by molar-refractivity contribution is -0.123. The molecule has 2 rings (SSSR count). The molecule has 1 aliphatic heterocycles. The average Bonchev–Trinajstić information content (AvgIpc) is 2.43. The van der Waals surface area contributed by atoms with Crippen molar-refractivity contribution < 1.29 is 9.59 Å². The van der Waals surface area contributed by atoms with Gasteiger partial charge in [-0.2, -0.15) is 0 Å². The summed E-state index contributed by atoms with van der Waals surface area (Å²) in [6.07, 6.45) is 3.17. The summed E-state index contributed by atoms with van der Waals surface area (Å²) < 4.78 is 0. The van der Waals surface area contributed by atoms with E-state index >= 15 is 0 Å². The largest absolute Gasteiger partial charge is 0.322 e. The lowest BCUT2D eigenvalue weighted by atomic mass is 9.94. The van der Waals surface area contributed by atoms with Crippen LogP contribution in [0, 0.1) is 0 Å². The molecular formula is C9H9N3O2. The maximum absolute atomic E-state index is 11.5. The molecule has 1 fully saturated rings. The number of carbonyl (C=O) groups excluding carboxylic acids is 2. The van der Waals surface area contributed by atoms with Gasteiger partial charge in [-0.05, 0) is 13.0 Å². The number of imide groups is 1. The van der Waals surface area contributed by atoms with Crippen LogP contribution < -0.4 is 10.6 Å². The quantitative estimate of drug-likeness (QED) is 0.620. The zero-order valence-electron chi connectivity index (χ0n) is 7.57. The van der Waals surface area contributed by atoms with E-state index in [4.69, 9.17) is 0 Å². The second-order valence-corrected chi connectivity index (χ2v) is 3.27. The van der Waals surface area contributed by atoms with Crippen LogP contribution in [0.25, 0.3) is 0 Å². The predicted molar refractivity (Wildman–Crippen MR) is 48.3 cm³/mol. The first-order valence-electron chi connectivity index (χ1n) is 4.17. The molecule has 0 unspecified atom stereocenters. The lowest BCUT2D eigenvalue weighted by Gasteiger charge is -2.19. The number of nitrogens with zero attached hydrogens (tertiary/aromatic N) is 1. The van der Waals surface area contributed by atoms with E-state index in [2.05, 4.69) is 15.6 Å². The number of hydrogen-bond acceptors (Lipinski definition) is 3. The highest BCUT2D eigenvalue weighted by molar-refractivity contribution is 6.07. The van der Waals surface area contributed by atoms with Gasteiger partial charge in [-0.1, -0.05) is 6.07 Å². The molecule has 0 bridgehead atoms. The van der Waals surface area contributed by atoms with Crippen LogP contribution in [-0.4, -0.2) is 16.9 Å². The van der Waals surface area contributed by atoms with Gasteiger partial charge < -0.3 is 5.32 Å². The van der Waals surface area contributed by atoms with Crippen molar-refractivity contribution in [1.82, 2.24) is 15.6 Å². The van der Waals surface area contributed by atoms with E-state index in [1.165, 1.54) is 0 Å². The highest BCUT2D eigenvalue weighted by Crippen LogP contribution is 2.22. The average molecular weight is 191 g/mol. The van der Waals surface area contributed by atoms with Gasteiger partial charge in [-0.15, -0.1) is 0 Å². The van der Waals surface area contributed by atoms with Crippen LogP contribution in [0.3, 0.4) is 0 Å². The molecule has 1 aromatic rings. The number of nitrogens with one attached hydrogen (secondary N) is 2. The molecule has 0 aliphatic carbocycles. The topological polar surface area (TPSA) is 71.1 Å². The highest BCUT2D eigenvalue weighted by atomic mass is 16.2. The summed E-state index contributed by atoms with van der Waals surface area (Å²) in [6, 6.07) is 3.00. The Balaban J connectivity index is 2.43. The second-order valence-electron chi connectivity index (χ2n) is 3.27. The Kier molecular flexibility index (Phi) is 1.73. The van der Waals surface area contributed by atoms with Crippen LogP contribution in [0.5, 0.6) is 0 Å². The van der Waals surface area contributed by atoms with Crippen LogP contribution in [-0.2, 0) is 10.3 Å². The van der Waals surface area contributed by atoms with Crippen molar-refractivity contribution >= 4 is 11.9 Å². The van der Waals surface area contributed by atoms with Crippen LogP contribution in [0.15, 0.2) is 24.5 Å². The standard InChI is InChI=1S/C9H9N3O2/c1-9(6-3-2-4-10-5-6)7(13)11-8(14)12-9/h2-5H,1H3,(H2,11,12,13,14)/t9-/m0/s1. The smallest absolute Gasteiger partial charge is 0.320 e. The molecule has 3 amide bonds. The van der Waals surface area contributed by atoms with Gasteiger partial charge in [-0.3, -0.25) is 15.1 Å². The summed E-state index contributed by atoms with van der Waals surface area (Å²) in [5.74, 6) is -0.351. The van der Waals surface area contributed by atoms with Crippen molar-refractivity contribution in [2.75, 3.05) is 0 Å². The monoisotopic (exact) mass is 191 g/mol. The Labute approximate surface area is 80.5 Å². The van der Waals surface area contributed by atoms with Crippen molar-refractivity contribution in [3.05, 3.63) is 30.1 Å². The van der Waals surface area contributed by atoms with Gasteiger partial charge in [0.25, 0.3) is 5.91 Å². The van der Waals surface area contributed by atoms with Gasteiger partial charge >= 0.3 is 6.03 Å². The second kappa shape index (κ2) is 2.80. The van der Waals surface area contributed by atoms with Crippen molar-refractivity contribution in [3.8, 4) is 0 Å². The first kappa shape index (κ1) is 8.68. The van der Waals surface area contributed by atoms with E-state index in [-0.39, 0.29) is 5.91 Å². The van der Waals surface area contributed by atoms with Crippen molar-refractivity contribution in [1.29, 1.82) is 0 Å². The first-order valence-corrected chi connectivity index (χ1v) is 4.17. The van der Waals surface area contributed by atoms with Gasteiger partial charge in [0.2, 0.25) is 0 Å². The fourth-order valence-electron chi connectivity index (χ4n) is 1.40. The van der Waals surface area contributed by atoms with Gasteiger partial charge in [-0.25, -0.2) is 4.79 Å². The van der Waals surface area contributed by atoms with Gasteiger partial charge in [0, 0.05) is 18.0 Å². The van der Waals surface area contributed by atoms with Crippen LogP contribution in [0.1, 0.15) is 12.5 Å². The van der Waals surface area contributed by atoms with Gasteiger partial charge in [0.1, 0.15) is 5.54 Å². The molecule has 0 spiro atoms. The van der Waals surface area contributed by atoms with Crippen LogP contribution in [0.2, 0.25) is 0 Å². The molecule has 1 saturated heterocycles. The minimum absolute atomic E-state index is 0.351.